The summed E-state index contributed by atoms with van der Waals surface area (Å²) in [7, 11) is 1.68. The van der Waals surface area contributed by atoms with Crippen molar-refractivity contribution < 1.29 is 4.74 Å². The number of fused-ring (bicyclic) bond motifs is 1. The number of benzene rings is 1. The van der Waals surface area contributed by atoms with Crippen LogP contribution in [0.2, 0.25) is 0 Å². The van der Waals surface area contributed by atoms with Gasteiger partial charge in [0.05, 0.1) is 19.1 Å². The summed E-state index contributed by atoms with van der Waals surface area (Å²) in [5.41, 5.74) is 9.50. The number of aromatic nitrogens is 4. The van der Waals surface area contributed by atoms with Gasteiger partial charge in [0, 0.05) is 36.9 Å². The maximum atomic E-state index is 6.06. The summed E-state index contributed by atoms with van der Waals surface area (Å²) in [6.45, 7) is 1.93. The van der Waals surface area contributed by atoms with Gasteiger partial charge >= 0.3 is 0 Å². The standard InChI is InChI=1S/C23H32N8O/c1-32-19-13-17(31-11-9-15(24)10-12-31)7-8-18(19)28-23-29-21-20(25-14-26-21)22(30-23)27-16-5-3-2-4-6-16/h7-8,13-16H,2-6,9-12,24H2,1H3,(H3,25,26,27,28,29,30). The smallest absolute Gasteiger partial charge is 0.231 e. The highest BCUT2D eigenvalue weighted by molar-refractivity contribution is 5.84. The molecule has 5 N–H and O–H groups in total. The molecule has 1 aliphatic carbocycles. The second-order valence-electron chi connectivity index (χ2n) is 8.81. The second kappa shape index (κ2) is 9.20. The molecule has 0 atom stereocenters. The van der Waals surface area contributed by atoms with E-state index in [-0.39, 0.29) is 0 Å². The third-order valence-electron chi connectivity index (χ3n) is 6.57. The predicted octanol–water partition coefficient (Wildman–Crippen LogP) is 3.78. The van der Waals surface area contributed by atoms with Gasteiger partial charge < -0.3 is 31.0 Å². The largest absolute Gasteiger partial charge is 0.494 e. The number of nitrogens with zero attached hydrogens (tertiary/aromatic N) is 4. The van der Waals surface area contributed by atoms with E-state index in [1.165, 1.54) is 32.1 Å². The minimum atomic E-state index is 0.305. The lowest BCUT2D eigenvalue weighted by atomic mass is 9.95. The predicted molar refractivity (Wildman–Crippen MR) is 128 cm³/mol. The topological polar surface area (TPSA) is 117 Å². The molecular weight excluding hydrogens is 404 g/mol. The summed E-state index contributed by atoms with van der Waals surface area (Å²) in [5.74, 6) is 2.05. The number of hydrogen-bond donors (Lipinski definition) is 4. The number of rotatable bonds is 6. The van der Waals surface area contributed by atoms with Gasteiger partial charge in [0.1, 0.15) is 11.3 Å². The van der Waals surface area contributed by atoms with Gasteiger partial charge in [-0.05, 0) is 37.8 Å². The van der Waals surface area contributed by atoms with Crippen molar-refractivity contribution in [3.05, 3.63) is 24.5 Å². The molecule has 0 radical (unpaired) electrons. The van der Waals surface area contributed by atoms with Crippen LogP contribution in [-0.2, 0) is 0 Å². The summed E-state index contributed by atoms with van der Waals surface area (Å²) in [5, 5.41) is 6.95. The van der Waals surface area contributed by atoms with E-state index in [1.54, 1.807) is 13.4 Å². The van der Waals surface area contributed by atoms with Crippen LogP contribution in [0.4, 0.5) is 23.1 Å². The first kappa shape index (κ1) is 20.8. The van der Waals surface area contributed by atoms with E-state index in [9.17, 15) is 0 Å². The lowest BCUT2D eigenvalue weighted by Crippen LogP contribution is -2.39. The van der Waals surface area contributed by atoms with E-state index in [0.29, 0.717) is 23.7 Å². The Kier molecular flexibility index (Phi) is 5.98. The lowest BCUT2D eigenvalue weighted by molar-refractivity contribution is 0.416. The van der Waals surface area contributed by atoms with Crippen LogP contribution in [0.5, 0.6) is 5.75 Å². The molecule has 3 heterocycles. The van der Waals surface area contributed by atoms with Crippen LogP contribution in [0, 0.1) is 0 Å². The molecule has 5 rings (SSSR count). The minimum absolute atomic E-state index is 0.305. The van der Waals surface area contributed by atoms with Gasteiger partial charge in [-0.15, -0.1) is 0 Å². The Morgan fingerprint density at radius 1 is 1.09 bits per heavy atom. The highest BCUT2D eigenvalue weighted by Gasteiger charge is 2.20. The van der Waals surface area contributed by atoms with Gasteiger partial charge in [-0.25, -0.2) is 4.98 Å². The molecule has 2 aromatic heterocycles. The first-order valence-electron chi connectivity index (χ1n) is 11.6. The molecule has 0 bridgehead atoms. The number of methoxy groups -OCH3 is 1. The molecule has 9 heteroatoms. The normalized spacial score (nSPS) is 18.1. The molecule has 1 saturated carbocycles. The Hall–Kier alpha value is -3.07. The highest BCUT2D eigenvalue weighted by Crippen LogP contribution is 2.33. The number of H-pyrrole nitrogens is 1. The van der Waals surface area contributed by atoms with E-state index in [2.05, 4.69) is 42.6 Å². The average Bonchev–Trinajstić information content (AvgIpc) is 3.30. The van der Waals surface area contributed by atoms with Crippen molar-refractivity contribution in [2.45, 2.75) is 57.0 Å². The number of piperidine rings is 1. The number of nitrogens with one attached hydrogen (secondary N) is 3. The fraction of sp³-hybridized carbons (Fsp3) is 0.522. The van der Waals surface area contributed by atoms with Crippen molar-refractivity contribution in [1.82, 2.24) is 19.9 Å². The lowest BCUT2D eigenvalue weighted by Gasteiger charge is -2.32. The number of nitrogens with two attached hydrogens (primary N) is 1. The molecule has 1 aromatic carbocycles. The van der Waals surface area contributed by atoms with Crippen LogP contribution < -0.4 is 26.0 Å². The minimum Gasteiger partial charge on any atom is -0.494 e. The van der Waals surface area contributed by atoms with Crippen LogP contribution in [0.3, 0.4) is 0 Å². The highest BCUT2D eigenvalue weighted by atomic mass is 16.5. The van der Waals surface area contributed by atoms with Gasteiger partial charge in [-0.2, -0.15) is 9.97 Å². The maximum Gasteiger partial charge on any atom is 0.231 e. The SMILES string of the molecule is COc1cc(N2CCC(N)CC2)ccc1Nc1nc(NC2CCCCC2)c2[nH]cnc2n1. The maximum absolute atomic E-state index is 6.06. The molecule has 2 aliphatic rings. The van der Waals surface area contributed by atoms with Crippen molar-refractivity contribution in [2.24, 2.45) is 5.73 Å². The molecule has 0 unspecified atom stereocenters. The van der Waals surface area contributed by atoms with E-state index < -0.39 is 0 Å². The molecule has 3 aromatic rings. The number of hydrogen-bond acceptors (Lipinski definition) is 8. The Morgan fingerprint density at radius 2 is 1.91 bits per heavy atom. The average molecular weight is 437 g/mol. The summed E-state index contributed by atoms with van der Waals surface area (Å²) < 4.78 is 5.69. The Balaban J connectivity index is 1.38. The Bertz CT molecular complexity index is 1050. The van der Waals surface area contributed by atoms with Crippen molar-refractivity contribution in [2.75, 3.05) is 35.7 Å². The van der Waals surface area contributed by atoms with Gasteiger partial charge in [-0.1, -0.05) is 19.3 Å². The summed E-state index contributed by atoms with van der Waals surface area (Å²) in [4.78, 5) is 19.3. The van der Waals surface area contributed by atoms with Crippen LogP contribution in [0.15, 0.2) is 24.5 Å². The van der Waals surface area contributed by atoms with Crippen LogP contribution in [-0.4, -0.2) is 52.2 Å². The number of imidazole rings is 1. The van der Waals surface area contributed by atoms with E-state index in [1.807, 2.05) is 6.07 Å². The summed E-state index contributed by atoms with van der Waals surface area (Å²) in [6.07, 6.45) is 9.84. The fourth-order valence-corrected chi connectivity index (χ4v) is 4.69. The van der Waals surface area contributed by atoms with Crippen LogP contribution in [0.1, 0.15) is 44.9 Å². The van der Waals surface area contributed by atoms with Gasteiger partial charge in [0.2, 0.25) is 5.95 Å². The molecule has 170 valence electrons. The zero-order valence-electron chi connectivity index (χ0n) is 18.6. The Morgan fingerprint density at radius 3 is 2.69 bits per heavy atom. The van der Waals surface area contributed by atoms with Crippen LogP contribution in [0.25, 0.3) is 11.2 Å². The molecule has 0 amide bonds. The van der Waals surface area contributed by atoms with E-state index in [4.69, 9.17) is 15.5 Å². The van der Waals surface area contributed by atoms with Gasteiger partial charge in [-0.3, -0.25) is 0 Å². The summed E-state index contributed by atoms with van der Waals surface area (Å²) >= 11 is 0. The second-order valence-corrected chi connectivity index (χ2v) is 8.81. The van der Waals surface area contributed by atoms with Crippen molar-refractivity contribution in [1.29, 1.82) is 0 Å². The Labute approximate surface area is 188 Å². The zero-order chi connectivity index (χ0) is 21.9. The fourth-order valence-electron chi connectivity index (χ4n) is 4.69. The van der Waals surface area contributed by atoms with Crippen molar-refractivity contribution >= 4 is 34.3 Å². The first-order valence-corrected chi connectivity index (χ1v) is 11.6. The molecular formula is C23H32N8O. The third kappa shape index (κ3) is 4.43. The molecule has 0 spiro atoms. The van der Waals surface area contributed by atoms with E-state index >= 15 is 0 Å². The van der Waals surface area contributed by atoms with Crippen molar-refractivity contribution in [3.8, 4) is 5.75 Å². The number of ether oxygens (including phenoxy) is 1. The molecule has 9 nitrogen and oxygen atoms in total. The molecule has 32 heavy (non-hydrogen) atoms. The van der Waals surface area contributed by atoms with E-state index in [0.717, 1.165) is 54.4 Å². The molecule has 1 aliphatic heterocycles. The number of aromatic amines is 1. The molecule has 1 saturated heterocycles. The van der Waals surface area contributed by atoms with Gasteiger partial charge in [0.15, 0.2) is 11.5 Å². The quantitative estimate of drug-likeness (QED) is 0.461. The third-order valence-corrected chi connectivity index (χ3v) is 6.57. The zero-order valence-corrected chi connectivity index (χ0v) is 18.6. The monoisotopic (exact) mass is 436 g/mol. The van der Waals surface area contributed by atoms with Gasteiger partial charge in [0.25, 0.3) is 0 Å². The summed E-state index contributed by atoms with van der Waals surface area (Å²) in [6, 6.07) is 6.93. The molecule has 2 fully saturated rings. The van der Waals surface area contributed by atoms with Crippen molar-refractivity contribution in [3.63, 3.8) is 0 Å². The number of anilines is 4. The van der Waals surface area contributed by atoms with Crippen LogP contribution >= 0.6 is 0 Å². The first-order chi connectivity index (χ1) is 15.7.